The molecule has 2 aromatic carbocycles. The molecule has 0 unspecified atom stereocenters. The van der Waals surface area contributed by atoms with Crippen LogP contribution in [-0.2, 0) is 13.0 Å². The number of hydrogen-bond acceptors (Lipinski definition) is 6. The summed E-state index contributed by atoms with van der Waals surface area (Å²) in [5.74, 6) is 2.21. The van der Waals surface area contributed by atoms with E-state index in [1.54, 1.807) is 6.07 Å². The van der Waals surface area contributed by atoms with Crippen molar-refractivity contribution >= 4 is 16.9 Å². The van der Waals surface area contributed by atoms with Crippen molar-refractivity contribution in [1.29, 1.82) is 0 Å². The number of benzene rings is 2. The lowest BCUT2D eigenvalue weighted by Gasteiger charge is -2.35. The standard InChI is InChI=1S/C25H28N6O/c1-2-8-23-27-24(21-17-26-31(25(21)28-23)20-10-4-3-5-11-20)30-15-13-29(14-16-30)18-19-9-6-7-12-22(19)32/h3-7,9-12,17,32H,2,8,13-16,18H2,1H3. The summed E-state index contributed by atoms with van der Waals surface area (Å²) in [6, 6.07) is 17.7. The van der Waals surface area contributed by atoms with E-state index in [9.17, 15) is 5.11 Å². The first kappa shape index (κ1) is 20.5. The number of aromatic nitrogens is 4. The molecule has 1 fully saturated rings. The average molecular weight is 429 g/mol. The molecule has 1 saturated heterocycles. The van der Waals surface area contributed by atoms with E-state index in [2.05, 4.69) is 21.8 Å². The van der Waals surface area contributed by atoms with Crippen molar-refractivity contribution in [2.75, 3.05) is 31.1 Å². The van der Waals surface area contributed by atoms with Crippen LogP contribution < -0.4 is 4.90 Å². The topological polar surface area (TPSA) is 70.3 Å². The second kappa shape index (κ2) is 8.96. The molecule has 0 spiro atoms. The van der Waals surface area contributed by atoms with Crippen molar-refractivity contribution in [1.82, 2.24) is 24.6 Å². The van der Waals surface area contributed by atoms with Crippen molar-refractivity contribution in [3.05, 3.63) is 72.2 Å². The van der Waals surface area contributed by atoms with E-state index in [4.69, 9.17) is 9.97 Å². The van der Waals surface area contributed by atoms with Gasteiger partial charge in [-0.25, -0.2) is 14.6 Å². The van der Waals surface area contributed by atoms with Gasteiger partial charge in [0.1, 0.15) is 17.4 Å². The minimum atomic E-state index is 0.366. The van der Waals surface area contributed by atoms with Crippen LogP contribution in [0.3, 0.4) is 0 Å². The minimum Gasteiger partial charge on any atom is -0.508 e. The molecule has 1 aliphatic rings. The van der Waals surface area contributed by atoms with Gasteiger partial charge in [-0.3, -0.25) is 4.90 Å². The van der Waals surface area contributed by atoms with E-state index in [0.29, 0.717) is 5.75 Å². The molecule has 7 nitrogen and oxygen atoms in total. The largest absolute Gasteiger partial charge is 0.508 e. The Kier molecular flexibility index (Phi) is 5.73. The van der Waals surface area contributed by atoms with E-state index in [1.807, 2.05) is 59.4 Å². The van der Waals surface area contributed by atoms with Crippen molar-refractivity contribution in [3.8, 4) is 11.4 Å². The normalized spacial score (nSPS) is 14.8. The molecule has 7 heteroatoms. The second-order valence-electron chi connectivity index (χ2n) is 8.23. The van der Waals surface area contributed by atoms with E-state index in [0.717, 1.165) is 79.5 Å². The van der Waals surface area contributed by atoms with Crippen molar-refractivity contribution < 1.29 is 5.11 Å². The zero-order valence-electron chi connectivity index (χ0n) is 18.4. The van der Waals surface area contributed by atoms with Crippen LogP contribution in [0.4, 0.5) is 5.82 Å². The molecule has 4 aromatic rings. The number of aromatic hydroxyl groups is 1. The SMILES string of the molecule is CCCc1nc(N2CCN(Cc3ccccc3O)CC2)c2cnn(-c3ccccc3)c2n1. The molecule has 0 amide bonds. The van der Waals surface area contributed by atoms with E-state index < -0.39 is 0 Å². The Labute approximate surface area is 188 Å². The van der Waals surface area contributed by atoms with Gasteiger partial charge < -0.3 is 10.0 Å². The molecule has 0 atom stereocenters. The number of fused-ring (bicyclic) bond motifs is 1. The smallest absolute Gasteiger partial charge is 0.168 e. The third-order valence-electron chi connectivity index (χ3n) is 5.99. The molecule has 0 radical (unpaired) electrons. The van der Waals surface area contributed by atoms with E-state index in [1.165, 1.54) is 0 Å². The fraction of sp³-hybridized carbons (Fsp3) is 0.320. The molecular formula is C25H28N6O. The van der Waals surface area contributed by atoms with Gasteiger partial charge in [0, 0.05) is 44.7 Å². The molecule has 2 aromatic heterocycles. The number of piperazine rings is 1. The Balaban J connectivity index is 1.41. The number of aryl methyl sites for hydroxylation is 1. The Morgan fingerprint density at radius 3 is 2.41 bits per heavy atom. The first-order valence-corrected chi connectivity index (χ1v) is 11.3. The van der Waals surface area contributed by atoms with Crippen LogP contribution in [0.1, 0.15) is 24.7 Å². The highest BCUT2D eigenvalue weighted by atomic mass is 16.3. The van der Waals surface area contributed by atoms with Gasteiger partial charge in [0.05, 0.1) is 17.3 Å². The maximum absolute atomic E-state index is 10.1. The Morgan fingerprint density at radius 1 is 0.906 bits per heavy atom. The van der Waals surface area contributed by atoms with Gasteiger partial charge >= 0.3 is 0 Å². The Hall–Kier alpha value is -3.45. The van der Waals surface area contributed by atoms with Crippen LogP contribution in [0, 0.1) is 0 Å². The van der Waals surface area contributed by atoms with Crippen molar-refractivity contribution in [2.24, 2.45) is 0 Å². The Morgan fingerprint density at radius 2 is 1.66 bits per heavy atom. The van der Waals surface area contributed by atoms with Gasteiger partial charge in [-0.15, -0.1) is 0 Å². The first-order valence-electron chi connectivity index (χ1n) is 11.3. The highest BCUT2D eigenvalue weighted by Crippen LogP contribution is 2.27. The van der Waals surface area contributed by atoms with E-state index in [-0.39, 0.29) is 0 Å². The van der Waals surface area contributed by atoms with Gasteiger partial charge in [0.25, 0.3) is 0 Å². The number of hydrogen-bond donors (Lipinski definition) is 1. The fourth-order valence-electron chi connectivity index (χ4n) is 4.27. The van der Waals surface area contributed by atoms with Crippen molar-refractivity contribution in [3.63, 3.8) is 0 Å². The second-order valence-corrected chi connectivity index (χ2v) is 8.23. The van der Waals surface area contributed by atoms with Gasteiger partial charge in [-0.2, -0.15) is 5.10 Å². The number of rotatable bonds is 6. The third-order valence-corrected chi connectivity index (χ3v) is 5.99. The van der Waals surface area contributed by atoms with Crippen molar-refractivity contribution in [2.45, 2.75) is 26.3 Å². The summed E-state index contributed by atoms with van der Waals surface area (Å²) < 4.78 is 1.91. The summed E-state index contributed by atoms with van der Waals surface area (Å²) in [7, 11) is 0. The van der Waals surface area contributed by atoms with Crippen LogP contribution in [-0.4, -0.2) is 55.9 Å². The van der Waals surface area contributed by atoms with Crippen LogP contribution >= 0.6 is 0 Å². The summed E-state index contributed by atoms with van der Waals surface area (Å²) in [6.45, 7) is 6.49. The third kappa shape index (κ3) is 4.03. The predicted molar refractivity (Wildman–Crippen MR) is 126 cm³/mol. The summed E-state index contributed by atoms with van der Waals surface area (Å²) in [5.41, 5.74) is 2.84. The molecule has 0 aliphatic carbocycles. The quantitative estimate of drug-likeness (QED) is 0.504. The number of phenols is 1. The van der Waals surface area contributed by atoms with Gasteiger partial charge in [-0.1, -0.05) is 43.3 Å². The number of anilines is 1. The number of phenolic OH excluding ortho intramolecular Hbond substituents is 1. The molecule has 3 heterocycles. The molecule has 1 aliphatic heterocycles. The predicted octanol–water partition coefficient (Wildman–Crippen LogP) is 3.80. The zero-order valence-corrected chi connectivity index (χ0v) is 18.4. The van der Waals surface area contributed by atoms with Gasteiger partial charge in [0.15, 0.2) is 5.65 Å². The highest BCUT2D eigenvalue weighted by Gasteiger charge is 2.23. The van der Waals surface area contributed by atoms with Crippen LogP contribution in [0.5, 0.6) is 5.75 Å². The molecule has 32 heavy (non-hydrogen) atoms. The molecule has 0 saturated carbocycles. The molecule has 5 rings (SSSR count). The maximum atomic E-state index is 10.1. The lowest BCUT2D eigenvalue weighted by Crippen LogP contribution is -2.46. The van der Waals surface area contributed by atoms with Gasteiger partial charge in [-0.05, 0) is 24.6 Å². The summed E-state index contributed by atoms with van der Waals surface area (Å²) >= 11 is 0. The Bertz CT molecular complexity index is 1200. The zero-order chi connectivity index (χ0) is 21.9. The van der Waals surface area contributed by atoms with Crippen LogP contribution in [0.25, 0.3) is 16.7 Å². The fourth-order valence-corrected chi connectivity index (χ4v) is 4.27. The summed E-state index contributed by atoms with van der Waals surface area (Å²) in [6.07, 6.45) is 3.73. The number of nitrogens with zero attached hydrogens (tertiary/aromatic N) is 6. The lowest BCUT2D eigenvalue weighted by molar-refractivity contribution is 0.246. The summed E-state index contributed by atoms with van der Waals surface area (Å²) in [5, 5.41) is 15.7. The van der Waals surface area contributed by atoms with Crippen LogP contribution in [0.15, 0.2) is 60.8 Å². The maximum Gasteiger partial charge on any atom is 0.168 e. The average Bonchev–Trinajstić information content (AvgIpc) is 3.25. The number of para-hydroxylation sites is 2. The highest BCUT2D eigenvalue weighted by molar-refractivity contribution is 5.88. The first-order chi connectivity index (χ1) is 15.7. The summed E-state index contributed by atoms with van der Waals surface area (Å²) in [4.78, 5) is 14.5. The lowest BCUT2D eigenvalue weighted by atomic mass is 10.1. The molecule has 0 bridgehead atoms. The van der Waals surface area contributed by atoms with E-state index >= 15 is 0 Å². The molecular weight excluding hydrogens is 400 g/mol. The van der Waals surface area contributed by atoms with Crippen LogP contribution in [0.2, 0.25) is 0 Å². The minimum absolute atomic E-state index is 0.366. The van der Waals surface area contributed by atoms with Gasteiger partial charge in [0.2, 0.25) is 0 Å². The molecule has 164 valence electrons. The monoisotopic (exact) mass is 428 g/mol. The molecule has 1 N–H and O–H groups in total.